The summed E-state index contributed by atoms with van der Waals surface area (Å²) in [4.78, 5) is 35.8. The second-order valence-corrected chi connectivity index (χ2v) is 10.5. The molecule has 0 aliphatic heterocycles. The normalized spacial score (nSPS) is 8.74. The number of pyridine rings is 1. The zero-order valence-corrected chi connectivity index (χ0v) is 20.7. The maximum absolute atomic E-state index is 11.5. The third kappa shape index (κ3) is 19.2. The zero-order valence-electron chi connectivity index (χ0n) is 14.0. The molecule has 0 unspecified atom stereocenters. The van der Waals surface area contributed by atoms with Gasteiger partial charge in [0.05, 0.1) is 6.42 Å². The molecule has 0 aliphatic rings. The minimum Gasteiger partial charge on any atom is -0.662 e. The van der Waals surface area contributed by atoms with E-state index in [4.69, 9.17) is 15.2 Å². The summed E-state index contributed by atoms with van der Waals surface area (Å²) in [7, 11) is 0. The Labute approximate surface area is 205 Å². The average molecular weight is 562 g/mol. The Morgan fingerprint density at radius 1 is 1.30 bits per heavy atom. The summed E-state index contributed by atoms with van der Waals surface area (Å²) in [6.45, 7) is -0.181. The molecule has 0 atom stereocenters. The van der Waals surface area contributed by atoms with Gasteiger partial charge in [0.2, 0.25) is 0 Å². The van der Waals surface area contributed by atoms with Gasteiger partial charge in [0, 0.05) is 31.5 Å². The van der Waals surface area contributed by atoms with Crippen LogP contribution in [0.15, 0.2) is 35.1 Å². The first-order valence-corrected chi connectivity index (χ1v) is 10.2. The number of aromatic amines is 1. The van der Waals surface area contributed by atoms with Crippen molar-refractivity contribution in [2.24, 2.45) is 0 Å². The van der Waals surface area contributed by atoms with Crippen LogP contribution in [0.2, 0.25) is 0 Å². The molecule has 8 nitrogen and oxygen atoms in total. The third-order valence-electron chi connectivity index (χ3n) is 2.19. The number of carbonyl (C=O) groups excluding carboxylic acids is 1. The van der Waals surface area contributed by atoms with Crippen LogP contribution in [0.25, 0.3) is 10.8 Å². The molecule has 1 aromatic heterocycles. The van der Waals surface area contributed by atoms with Gasteiger partial charge in [-0.05, 0) is 51.2 Å². The Bertz CT molecular complexity index is 795. The van der Waals surface area contributed by atoms with E-state index >= 15 is 0 Å². The van der Waals surface area contributed by atoms with Gasteiger partial charge in [-0.3, -0.25) is 18.9 Å². The van der Waals surface area contributed by atoms with Gasteiger partial charge in [0.1, 0.15) is 0 Å². The van der Waals surface area contributed by atoms with Crippen LogP contribution in [0.3, 0.4) is 0 Å². The largest absolute Gasteiger partial charge is 1.00 e. The van der Waals surface area contributed by atoms with Crippen LogP contribution < -0.4 is 40.4 Å². The van der Waals surface area contributed by atoms with Gasteiger partial charge in [-0.25, -0.2) is 0 Å². The SMILES string of the molecule is O=C(O)Cc1cc2ccccc2c(=O)[nH]1.O=CO[O-].O=P(Cl)(Cl)Cl.[CH3-].[Na+].[Pd]. The smallest absolute Gasteiger partial charge is 0.662 e. The molecule has 0 spiro atoms. The number of aliphatic carboxylic acids is 1. The summed E-state index contributed by atoms with van der Waals surface area (Å²) >= 11 is 13.8. The third-order valence-corrected chi connectivity index (χ3v) is 2.19. The molecule has 14 heteroatoms. The van der Waals surface area contributed by atoms with Crippen LogP contribution in [0.4, 0.5) is 0 Å². The topological polar surface area (TPSA) is 137 Å². The summed E-state index contributed by atoms with van der Waals surface area (Å²) in [5.41, 5.74) is 0.176. The number of benzene rings is 1. The number of halogens is 3. The predicted octanol–water partition coefficient (Wildman–Crippen LogP) is -0.147. The number of hydrogen-bond acceptors (Lipinski definition) is 6. The Hall–Kier alpha value is 0.0923. The van der Waals surface area contributed by atoms with E-state index in [1.165, 1.54) is 0 Å². The molecule has 1 heterocycles. The van der Waals surface area contributed by atoms with Crippen molar-refractivity contribution in [3.05, 3.63) is 53.8 Å². The van der Waals surface area contributed by atoms with Crippen LogP contribution in [0.1, 0.15) is 5.69 Å². The fourth-order valence-corrected chi connectivity index (χ4v) is 1.52. The molecule has 2 aromatic rings. The van der Waals surface area contributed by atoms with Gasteiger partial charge in [-0.2, -0.15) is 0 Å². The summed E-state index contributed by atoms with van der Waals surface area (Å²) < 4.78 is 9.51. The number of carbonyl (C=O) groups is 2. The molecule has 0 aliphatic carbocycles. The van der Waals surface area contributed by atoms with Gasteiger partial charge in [0.15, 0.2) is 0 Å². The van der Waals surface area contributed by atoms with Crippen LogP contribution >= 0.6 is 38.9 Å². The zero-order chi connectivity index (χ0) is 18.8. The number of aromatic nitrogens is 1. The maximum Gasteiger partial charge on any atom is 1.00 e. The second kappa shape index (κ2) is 18.1. The van der Waals surface area contributed by atoms with Gasteiger partial charge in [0.25, 0.3) is 12.0 Å². The number of fused-ring (bicyclic) bond motifs is 1. The van der Waals surface area contributed by atoms with Gasteiger partial charge in [-0.1, -0.05) is 18.2 Å². The minimum atomic E-state index is -3.22. The Balaban J connectivity index is -0.000000189. The van der Waals surface area contributed by atoms with Crippen LogP contribution in [-0.2, 0) is 45.9 Å². The Morgan fingerprint density at radius 2 is 1.74 bits per heavy atom. The molecule has 27 heavy (non-hydrogen) atoms. The molecule has 0 radical (unpaired) electrons. The van der Waals surface area contributed by atoms with Gasteiger partial charge >= 0.3 is 40.7 Å². The number of hydrogen-bond donors (Lipinski definition) is 2. The van der Waals surface area contributed by atoms with Crippen molar-refractivity contribution >= 4 is 62.1 Å². The van der Waals surface area contributed by atoms with Crippen molar-refractivity contribution in [1.29, 1.82) is 0 Å². The van der Waals surface area contributed by atoms with E-state index in [9.17, 15) is 14.2 Å². The summed E-state index contributed by atoms with van der Waals surface area (Å²) in [5, 5.41) is 15.2. The van der Waals surface area contributed by atoms with Crippen molar-refractivity contribution in [3.8, 4) is 0 Å². The summed E-state index contributed by atoms with van der Waals surface area (Å²) in [5.74, 6) is -0.957. The molecule has 0 amide bonds. The van der Waals surface area contributed by atoms with Crippen molar-refractivity contribution in [2.45, 2.75) is 6.42 Å². The van der Waals surface area contributed by atoms with E-state index in [-0.39, 0.29) is 75.9 Å². The fraction of sp³-hybridized carbons (Fsp3) is 0.0769. The van der Waals surface area contributed by atoms with Crippen molar-refractivity contribution in [3.63, 3.8) is 0 Å². The van der Waals surface area contributed by atoms with E-state index in [1.54, 1.807) is 24.3 Å². The summed E-state index contributed by atoms with van der Waals surface area (Å²) in [6.07, 6.45) is -0.167. The monoisotopic (exact) mass is 560 g/mol. The van der Waals surface area contributed by atoms with Crippen LogP contribution in [0.5, 0.6) is 0 Å². The number of nitrogens with one attached hydrogen (secondary N) is 1. The molecule has 1 aromatic carbocycles. The quantitative estimate of drug-likeness (QED) is 0.133. The van der Waals surface area contributed by atoms with E-state index in [0.717, 1.165) is 5.39 Å². The average Bonchev–Trinajstić information content (AvgIpc) is 2.45. The standard InChI is InChI=1S/C11H9NO3.CH2O3.CH3.Cl3OP.Na.Pd/c13-10(14)6-8-5-7-3-1-2-4-9(7)11(15)12-8;2-1-4-3;;1-5(2,3)4;;/h1-5H,6H2,(H,12,15)(H,13,14);1,3H;1H3;;;/q;;-1;;+1;/p-1. The first kappa shape index (κ1) is 34.6. The van der Waals surface area contributed by atoms with E-state index in [2.05, 4.69) is 43.6 Å². The molecule has 2 N–H and O–H groups in total. The fourth-order valence-electron chi connectivity index (χ4n) is 1.52. The number of carboxylic acids is 1. The van der Waals surface area contributed by atoms with Crippen LogP contribution in [-0.4, -0.2) is 22.5 Å². The number of H-pyrrole nitrogens is 1. The minimum absolute atomic E-state index is 0. The predicted molar refractivity (Wildman–Crippen MR) is 94.6 cm³/mol. The molecule has 150 valence electrons. The van der Waals surface area contributed by atoms with Crippen LogP contribution in [0, 0.1) is 7.43 Å². The van der Waals surface area contributed by atoms with Crippen molar-refractivity contribution < 1.29 is 79.4 Å². The van der Waals surface area contributed by atoms with E-state index in [0.29, 0.717) is 11.1 Å². The first-order chi connectivity index (χ1) is 11.1. The molecule has 0 saturated carbocycles. The Kier molecular flexibility index (Phi) is 23.2. The number of carboxylic acid groups (broad SMARTS) is 1. The van der Waals surface area contributed by atoms with Gasteiger partial charge in [-0.15, -0.1) is 0 Å². The summed E-state index contributed by atoms with van der Waals surface area (Å²) in [6, 6.07) is 8.76. The van der Waals surface area contributed by atoms with Gasteiger partial charge < -0.3 is 27.7 Å². The van der Waals surface area contributed by atoms with Crippen molar-refractivity contribution in [2.75, 3.05) is 0 Å². The maximum atomic E-state index is 11.5. The van der Waals surface area contributed by atoms with E-state index in [1.807, 2.05) is 6.07 Å². The Morgan fingerprint density at radius 3 is 2.15 bits per heavy atom. The molecule has 0 fully saturated rings. The molecule has 2 rings (SSSR count). The number of rotatable bonds is 3. The molecule has 0 bridgehead atoms. The molecule has 0 saturated heterocycles. The second-order valence-electron chi connectivity index (χ2n) is 3.87. The first-order valence-electron chi connectivity index (χ1n) is 5.82. The van der Waals surface area contributed by atoms with Crippen molar-refractivity contribution in [1.82, 2.24) is 4.98 Å². The van der Waals surface area contributed by atoms with E-state index < -0.39 is 11.2 Å². The molecular weight excluding hydrogens is 549 g/mol. The molecular formula is C13H13Cl3NNaO7PPd-.